The van der Waals surface area contributed by atoms with E-state index in [0.717, 1.165) is 74.4 Å². The van der Waals surface area contributed by atoms with Gasteiger partial charge in [-0.05, 0) is 87.3 Å². The van der Waals surface area contributed by atoms with Gasteiger partial charge in [0.15, 0.2) is 12.4 Å². The van der Waals surface area contributed by atoms with E-state index in [4.69, 9.17) is 26.4 Å². The standard InChI is InChI=1S/C44H50ClF2N11O4/c1-24(56-16-18-57(19-17-56)28-7-8-29-34(21-28)55(3)53-36(29)30-9-11-35(59)50-41(30)60)25-12-14-58(15-13-25)43-48-22-32(45)40(52-43)49-27-6-10-33-31(20-27)37-38(42(61)54(33)2)62-23-44(46,47)39(51-37)26-4-5-26/h6-8,10,20-22,24-26,30,39,51H,4-5,9,11-19,23H2,1-3H3,(H,48,49,52)(H,50,59,60)/t24?,30?,39-/m0/s1. The first kappa shape index (κ1) is 40.5. The third-order valence-electron chi connectivity index (χ3n) is 13.8. The number of amides is 2. The zero-order chi connectivity index (χ0) is 43.0. The summed E-state index contributed by atoms with van der Waals surface area (Å²) in [7, 11) is 3.51. The lowest BCUT2D eigenvalue weighted by Gasteiger charge is -2.43. The Morgan fingerprint density at radius 1 is 0.919 bits per heavy atom. The highest BCUT2D eigenvalue weighted by atomic mass is 35.5. The number of carbonyl (C=O) groups excluding carboxylic acids is 2. The van der Waals surface area contributed by atoms with Crippen LogP contribution in [0.15, 0.2) is 47.4 Å². The molecule has 3 saturated heterocycles. The number of piperazine rings is 1. The van der Waals surface area contributed by atoms with Crippen LogP contribution in [-0.4, -0.2) is 105 Å². The van der Waals surface area contributed by atoms with Crippen molar-refractivity contribution in [2.45, 2.75) is 69.4 Å². The number of aryl methyl sites for hydroxylation is 2. The maximum Gasteiger partial charge on any atom is 0.301 e. The van der Waals surface area contributed by atoms with E-state index in [9.17, 15) is 14.4 Å². The number of alkyl halides is 2. The van der Waals surface area contributed by atoms with Gasteiger partial charge in [-0.1, -0.05) is 11.6 Å². The van der Waals surface area contributed by atoms with Gasteiger partial charge in [0, 0.05) is 88.0 Å². The summed E-state index contributed by atoms with van der Waals surface area (Å²) in [6, 6.07) is 11.0. The molecule has 0 spiro atoms. The number of halogens is 3. The lowest BCUT2D eigenvalue weighted by molar-refractivity contribution is -0.134. The van der Waals surface area contributed by atoms with E-state index in [0.29, 0.717) is 71.0 Å². The number of piperidine rings is 2. The van der Waals surface area contributed by atoms with Gasteiger partial charge in [-0.2, -0.15) is 10.1 Å². The van der Waals surface area contributed by atoms with Crippen molar-refractivity contribution in [2.24, 2.45) is 25.9 Å². The fraction of sp³-hybridized carbons (Fsp3) is 0.500. The molecule has 10 rings (SSSR count). The number of imide groups is 1. The Kier molecular flexibility index (Phi) is 10.2. The predicted octanol–water partition coefficient (Wildman–Crippen LogP) is 5.78. The van der Waals surface area contributed by atoms with E-state index in [1.807, 2.05) is 23.9 Å². The quantitative estimate of drug-likeness (QED) is 0.162. The predicted molar refractivity (Wildman–Crippen MR) is 234 cm³/mol. The second-order valence-corrected chi connectivity index (χ2v) is 18.0. The van der Waals surface area contributed by atoms with Crippen LogP contribution in [0.4, 0.5) is 37.6 Å². The average molecular weight is 870 g/mol. The van der Waals surface area contributed by atoms with Crippen LogP contribution in [0.5, 0.6) is 5.75 Å². The van der Waals surface area contributed by atoms with Crippen LogP contribution >= 0.6 is 11.6 Å². The first-order valence-electron chi connectivity index (χ1n) is 21.6. The van der Waals surface area contributed by atoms with Crippen LogP contribution in [-0.2, 0) is 23.7 Å². The van der Waals surface area contributed by atoms with Crippen molar-refractivity contribution < 1.29 is 23.1 Å². The van der Waals surface area contributed by atoms with Crippen LogP contribution in [0.2, 0.25) is 5.02 Å². The Bertz CT molecular complexity index is 2650. The molecule has 2 amide bonds. The highest BCUT2D eigenvalue weighted by Gasteiger charge is 2.51. The second kappa shape index (κ2) is 15.7. The molecule has 1 saturated carbocycles. The summed E-state index contributed by atoms with van der Waals surface area (Å²) in [5.41, 5.74) is 3.84. The second-order valence-electron chi connectivity index (χ2n) is 17.6. The number of aromatic nitrogens is 5. The molecule has 2 aromatic carbocycles. The first-order valence-corrected chi connectivity index (χ1v) is 22.0. The average Bonchev–Trinajstić information content (AvgIpc) is 4.08. The van der Waals surface area contributed by atoms with Gasteiger partial charge in [-0.15, -0.1) is 0 Å². The van der Waals surface area contributed by atoms with Gasteiger partial charge in [0.1, 0.15) is 5.02 Å². The third-order valence-corrected chi connectivity index (χ3v) is 14.1. The van der Waals surface area contributed by atoms with Crippen molar-refractivity contribution in [3.05, 3.63) is 63.7 Å². The molecule has 4 aliphatic heterocycles. The highest BCUT2D eigenvalue weighted by Crippen LogP contribution is 2.46. The SMILES string of the molecule is CC(C1CCN(c2ncc(Cl)c(Nc3ccc4c(c3)c3c(c(=O)n4C)OCC(F)(F)[C@H](C4CC4)N3)n2)CC1)N1CCN(c2ccc3c(C4CCC(=O)NC4=O)nn(C)c3c2)CC1. The zero-order valence-corrected chi connectivity index (χ0v) is 35.7. The molecule has 2 unspecified atom stereocenters. The Hall–Kier alpha value is -5.55. The van der Waals surface area contributed by atoms with Gasteiger partial charge >= 0.3 is 5.92 Å². The van der Waals surface area contributed by atoms with E-state index in [2.05, 4.69) is 60.8 Å². The number of nitrogens with zero attached hydrogens (tertiary/aromatic N) is 8. The molecular formula is C44H50ClF2N11O4. The molecule has 3 atom stereocenters. The van der Waals surface area contributed by atoms with Gasteiger partial charge < -0.3 is 29.7 Å². The van der Waals surface area contributed by atoms with Crippen molar-refractivity contribution >= 4 is 74.0 Å². The molecule has 5 aliphatic rings. The molecular weight excluding hydrogens is 820 g/mol. The minimum atomic E-state index is -3.13. The summed E-state index contributed by atoms with van der Waals surface area (Å²) in [6.07, 6.45) is 5.78. The molecule has 326 valence electrons. The minimum Gasteiger partial charge on any atom is -0.480 e. The number of hydrogen-bond donors (Lipinski definition) is 3. The van der Waals surface area contributed by atoms with Crippen molar-refractivity contribution in [2.75, 3.05) is 66.3 Å². The summed E-state index contributed by atoms with van der Waals surface area (Å²) >= 11 is 6.65. The molecule has 0 radical (unpaired) electrons. The van der Waals surface area contributed by atoms with Gasteiger partial charge in [0.05, 0.1) is 40.6 Å². The van der Waals surface area contributed by atoms with Crippen LogP contribution in [0.3, 0.4) is 0 Å². The van der Waals surface area contributed by atoms with Gasteiger partial charge in [-0.3, -0.25) is 29.3 Å². The van der Waals surface area contributed by atoms with Crippen LogP contribution < -0.4 is 36.0 Å². The molecule has 5 aromatic rings. The van der Waals surface area contributed by atoms with Crippen molar-refractivity contribution in [3.8, 4) is 5.75 Å². The van der Waals surface area contributed by atoms with E-state index >= 15 is 8.78 Å². The van der Waals surface area contributed by atoms with Gasteiger partial charge in [0.2, 0.25) is 23.5 Å². The number of nitrogens with one attached hydrogen (secondary N) is 3. The monoisotopic (exact) mass is 869 g/mol. The smallest absolute Gasteiger partial charge is 0.301 e. The summed E-state index contributed by atoms with van der Waals surface area (Å²) in [6.45, 7) is 6.80. The summed E-state index contributed by atoms with van der Waals surface area (Å²) in [5.74, 6) is -2.84. The molecule has 4 fully saturated rings. The third kappa shape index (κ3) is 7.35. The van der Waals surface area contributed by atoms with E-state index < -0.39 is 30.0 Å². The van der Waals surface area contributed by atoms with Crippen LogP contribution in [0.1, 0.15) is 57.1 Å². The molecule has 18 heteroatoms. The molecule has 62 heavy (non-hydrogen) atoms. The number of benzene rings is 2. The zero-order valence-electron chi connectivity index (χ0n) is 35.0. The Morgan fingerprint density at radius 2 is 1.69 bits per heavy atom. The van der Waals surface area contributed by atoms with E-state index in [1.165, 1.54) is 4.57 Å². The minimum absolute atomic E-state index is 0.106. The molecule has 15 nitrogen and oxygen atoms in total. The number of carbonyl (C=O) groups is 2. The Labute approximate surface area is 361 Å². The van der Waals surface area contributed by atoms with Crippen LogP contribution in [0, 0.1) is 11.8 Å². The fourth-order valence-electron chi connectivity index (χ4n) is 9.97. The molecule has 0 bridgehead atoms. The number of hydrogen-bond acceptors (Lipinski definition) is 12. The maximum absolute atomic E-state index is 15.2. The number of ether oxygens (including phenoxy) is 1. The molecule has 1 aliphatic carbocycles. The first-order chi connectivity index (χ1) is 29.8. The van der Waals surface area contributed by atoms with Gasteiger partial charge in [-0.25, -0.2) is 13.8 Å². The summed E-state index contributed by atoms with van der Waals surface area (Å²) in [5, 5.41) is 15.4. The largest absolute Gasteiger partial charge is 0.480 e. The Morgan fingerprint density at radius 3 is 2.44 bits per heavy atom. The number of rotatable bonds is 8. The number of fused-ring (bicyclic) bond motifs is 4. The van der Waals surface area contributed by atoms with E-state index in [1.54, 1.807) is 19.3 Å². The lowest BCUT2D eigenvalue weighted by Crippen LogP contribution is -2.53. The maximum atomic E-state index is 15.2. The van der Waals surface area contributed by atoms with Gasteiger partial charge in [0.25, 0.3) is 5.56 Å². The molecule has 3 N–H and O–H groups in total. The number of anilines is 5. The molecule has 7 heterocycles. The van der Waals surface area contributed by atoms with E-state index in [-0.39, 0.29) is 29.2 Å². The highest BCUT2D eigenvalue weighted by molar-refractivity contribution is 6.33. The Balaban J connectivity index is 0.776. The molecule has 3 aromatic heterocycles. The topological polar surface area (TPSA) is 155 Å². The summed E-state index contributed by atoms with van der Waals surface area (Å²) < 4.78 is 39.1. The summed E-state index contributed by atoms with van der Waals surface area (Å²) in [4.78, 5) is 54.3. The van der Waals surface area contributed by atoms with Crippen molar-refractivity contribution in [1.29, 1.82) is 0 Å². The van der Waals surface area contributed by atoms with Crippen molar-refractivity contribution in [3.63, 3.8) is 0 Å². The lowest BCUT2D eigenvalue weighted by atomic mass is 9.89. The fourth-order valence-corrected chi connectivity index (χ4v) is 10.1. The normalized spacial score (nSPS) is 22.8. The number of pyridine rings is 1. The van der Waals surface area contributed by atoms with Crippen LogP contribution in [0.25, 0.3) is 21.8 Å². The van der Waals surface area contributed by atoms with Crippen molar-refractivity contribution in [1.82, 2.24) is 34.5 Å².